The van der Waals surface area contributed by atoms with Gasteiger partial charge in [-0.25, -0.2) is 0 Å². The molecule has 13 heavy (non-hydrogen) atoms. The average Bonchev–Trinajstić information content (AvgIpc) is 2.05. The van der Waals surface area contributed by atoms with Crippen molar-refractivity contribution in [2.45, 2.75) is 19.9 Å². The number of nitrogens with two attached hydrogens (primary N) is 3. The normalized spacial score (nSPS) is 11.4. The molecular formula is C10H19N3. The van der Waals surface area contributed by atoms with Crippen LogP contribution in [0.15, 0.2) is 24.3 Å². The predicted octanol–water partition coefficient (Wildman–Crippen LogP) is 1.25. The molecule has 0 spiro atoms. The molecule has 3 heteroatoms. The second-order valence-electron chi connectivity index (χ2n) is 2.87. The van der Waals surface area contributed by atoms with Crippen molar-refractivity contribution in [3.8, 4) is 0 Å². The maximum atomic E-state index is 5.63. The predicted molar refractivity (Wildman–Crippen MR) is 58.2 cm³/mol. The first-order valence-electron chi connectivity index (χ1n) is 4.42. The quantitative estimate of drug-likeness (QED) is 0.571. The highest BCUT2D eigenvalue weighted by molar-refractivity contribution is 5.41. The summed E-state index contributed by atoms with van der Waals surface area (Å²) in [5.41, 5.74) is 17.9. The molecule has 3 nitrogen and oxygen atoms in total. The lowest BCUT2D eigenvalue weighted by Gasteiger charge is -2.04. The highest BCUT2D eigenvalue weighted by Gasteiger charge is 1.96. The van der Waals surface area contributed by atoms with Gasteiger partial charge in [0.05, 0.1) is 0 Å². The van der Waals surface area contributed by atoms with Crippen LogP contribution in [0.2, 0.25) is 0 Å². The van der Waals surface area contributed by atoms with Crippen molar-refractivity contribution < 1.29 is 0 Å². The van der Waals surface area contributed by atoms with E-state index in [9.17, 15) is 0 Å². The van der Waals surface area contributed by atoms with Crippen LogP contribution in [0, 0.1) is 0 Å². The Labute approximate surface area is 79.9 Å². The summed E-state index contributed by atoms with van der Waals surface area (Å²) in [5.74, 6) is 0. The Kier molecular flexibility index (Phi) is 5.93. The third kappa shape index (κ3) is 5.22. The van der Waals surface area contributed by atoms with Crippen LogP contribution in [0.1, 0.15) is 25.5 Å². The van der Waals surface area contributed by atoms with Crippen LogP contribution in [-0.2, 0) is 0 Å². The zero-order chi connectivity index (χ0) is 10.3. The lowest BCUT2D eigenvalue weighted by atomic mass is 10.1. The number of benzene rings is 1. The summed E-state index contributed by atoms with van der Waals surface area (Å²) in [4.78, 5) is 0. The highest BCUT2D eigenvalue weighted by atomic mass is 14.6. The van der Waals surface area contributed by atoms with Crippen molar-refractivity contribution in [1.82, 2.24) is 0 Å². The van der Waals surface area contributed by atoms with Crippen LogP contribution in [0.3, 0.4) is 0 Å². The minimum absolute atomic E-state index is 0.0727. The third-order valence-electron chi connectivity index (χ3n) is 1.44. The van der Waals surface area contributed by atoms with Crippen molar-refractivity contribution in [2.75, 3.05) is 12.3 Å². The SMILES string of the molecule is CC(N)c1cccc(N)c1.CCN. The number of nitrogen functional groups attached to an aromatic ring is 1. The number of hydrogen-bond acceptors (Lipinski definition) is 3. The lowest BCUT2D eigenvalue weighted by Crippen LogP contribution is -2.04. The fourth-order valence-electron chi connectivity index (χ4n) is 0.842. The molecule has 0 saturated heterocycles. The standard InChI is InChI=1S/C8H12N2.C2H7N/c1-6(9)7-3-2-4-8(10)5-7;1-2-3/h2-6H,9-10H2,1H3;2-3H2,1H3. The van der Waals surface area contributed by atoms with Gasteiger partial charge in [-0.05, 0) is 31.2 Å². The number of rotatable bonds is 1. The van der Waals surface area contributed by atoms with Crippen LogP contribution in [0.4, 0.5) is 5.69 Å². The molecule has 0 amide bonds. The van der Waals surface area contributed by atoms with Gasteiger partial charge in [0.15, 0.2) is 0 Å². The van der Waals surface area contributed by atoms with Gasteiger partial charge in [-0.3, -0.25) is 0 Å². The fraction of sp³-hybridized carbons (Fsp3) is 0.400. The molecule has 0 saturated carbocycles. The van der Waals surface area contributed by atoms with E-state index >= 15 is 0 Å². The van der Waals surface area contributed by atoms with E-state index in [2.05, 4.69) is 0 Å². The third-order valence-corrected chi connectivity index (χ3v) is 1.44. The smallest absolute Gasteiger partial charge is 0.0317 e. The van der Waals surface area contributed by atoms with E-state index in [1.165, 1.54) is 0 Å². The Hall–Kier alpha value is -1.06. The molecular weight excluding hydrogens is 162 g/mol. The molecule has 0 bridgehead atoms. The molecule has 1 aromatic rings. The topological polar surface area (TPSA) is 78.1 Å². The van der Waals surface area contributed by atoms with E-state index in [0.29, 0.717) is 0 Å². The molecule has 0 aliphatic carbocycles. The first-order chi connectivity index (χ1) is 6.11. The molecule has 0 heterocycles. The van der Waals surface area contributed by atoms with Gasteiger partial charge in [-0.1, -0.05) is 19.1 Å². The summed E-state index contributed by atoms with van der Waals surface area (Å²) in [7, 11) is 0. The minimum Gasteiger partial charge on any atom is -0.399 e. The monoisotopic (exact) mass is 181 g/mol. The second-order valence-corrected chi connectivity index (χ2v) is 2.87. The maximum absolute atomic E-state index is 5.63. The zero-order valence-corrected chi connectivity index (χ0v) is 8.33. The van der Waals surface area contributed by atoms with Gasteiger partial charge in [-0.15, -0.1) is 0 Å². The highest BCUT2D eigenvalue weighted by Crippen LogP contribution is 2.12. The lowest BCUT2D eigenvalue weighted by molar-refractivity contribution is 0.819. The molecule has 0 radical (unpaired) electrons. The van der Waals surface area contributed by atoms with Crippen molar-refractivity contribution in [1.29, 1.82) is 0 Å². The first kappa shape index (κ1) is 11.9. The van der Waals surface area contributed by atoms with Gasteiger partial charge in [0.2, 0.25) is 0 Å². The van der Waals surface area contributed by atoms with Crippen molar-refractivity contribution in [3.05, 3.63) is 29.8 Å². The molecule has 1 aromatic carbocycles. The molecule has 0 fully saturated rings. The van der Waals surface area contributed by atoms with E-state index in [1.807, 2.05) is 38.1 Å². The summed E-state index contributed by atoms with van der Waals surface area (Å²) in [6.07, 6.45) is 0. The number of hydrogen-bond donors (Lipinski definition) is 3. The van der Waals surface area contributed by atoms with Crippen molar-refractivity contribution >= 4 is 5.69 Å². The summed E-state index contributed by atoms with van der Waals surface area (Å²) >= 11 is 0. The van der Waals surface area contributed by atoms with Gasteiger partial charge in [0, 0.05) is 11.7 Å². The van der Waals surface area contributed by atoms with E-state index in [4.69, 9.17) is 17.2 Å². The Morgan fingerprint density at radius 1 is 1.38 bits per heavy atom. The molecule has 1 atom stereocenters. The fourth-order valence-corrected chi connectivity index (χ4v) is 0.842. The number of anilines is 1. The van der Waals surface area contributed by atoms with Crippen LogP contribution < -0.4 is 17.2 Å². The second kappa shape index (κ2) is 6.46. The Morgan fingerprint density at radius 2 is 1.92 bits per heavy atom. The van der Waals surface area contributed by atoms with Crippen LogP contribution >= 0.6 is 0 Å². The summed E-state index contributed by atoms with van der Waals surface area (Å²) < 4.78 is 0. The Balaban J connectivity index is 0.000000424. The largest absolute Gasteiger partial charge is 0.399 e. The van der Waals surface area contributed by atoms with Crippen molar-refractivity contribution in [2.24, 2.45) is 11.5 Å². The van der Waals surface area contributed by atoms with Gasteiger partial charge < -0.3 is 17.2 Å². The van der Waals surface area contributed by atoms with Gasteiger partial charge in [-0.2, -0.15) is 0 Å². The molecule has 0 aliphatic rings. The van der Waals surface area contributed by atoms with Crippen LogP contribution in [0.5, 0.6) is 0 Å². The van der Waals surface area contributed by atoms with E-state index in [0.717, 1.165) is 17.8 Å². The molecule has 0 aromatic heterocycles. The summed E-state index contributed by atoms with van der Waals surface area (Å²) in [6.45, 7) is 4.59. The van der Waals surface area contributed by atoms with Crippen LogP contribution in [0.25, 0.3) is 0 Å². The summed E-state index contributed by atoms with van der Waals surface area (Å²) in [6, 6.07) is 7.70. The van der Waals surface area contributed by atoms with Crippen molar-refractivity contribution in [3.63, 3.8) is 0 Å². The first-order valence-corrected chi connectivity index (χ1v) is 4.42. The molecule has 1 rings (SSSR count). The maximum Gasteiger partial charge on any atom is 0.0317 e. The van der Waals surface area contributed by atoms with Gasteiger partial charge in [0.1, 0.15) is 0 Å². The minimum atomic E-state index is 0.0727. The molecule has 74 valence electrons. The Morgan fingerprint density at radius 3 is 2.23 bits per heavy atom. The molecule has 1 unspecified atom stereocenters. The summed E-state index contributed by atoms with van der Waals surface area (Å²) in [5, 5.41) is 0. The van der Waals surface area contributed by atoms with Crippen LogP contribution in [-0.4, -0.2) is 6.54 Å². The van der Waals surface area contributed by atoms with E-state index in [1.54, 1.807) is 0 Å². The molecule has 6 N–H and O–H groups in total. The Bertz CT molecular complexity index is 233. The van der Waals surface area contributed by atoms with E-state index in [-0.39, 0.29) is 6.04 Å². The van der Waals surface area contributed by atoms with E-state index < -0.39 is 0 Å². The zero-order valence-electron chi connectivity index (χ0n) is 8.33. The van der Waals surface area contributed by atoms with Gasteiger partial charge >= 0.3 is 0 Å². The van der Waals surface area contributed by atoms with Gasteiger partial charge in [0.25, 0.3) is 0 Å². The average molecular weight is 181 g/mol. The molecule has 0 aliphatic heterocycles.